The number of aromatic nitrogens is 1. The fourth-order valence-corrected chi connectivity index (χ4v) is 9.51. The lowest BCUT2D eigenvalue weighted by atomic mass is 9.96. The number of hydrogen-bond acceptors (Lipinski definition) is 2. The molecule has 0 aliphatic carbocycles. The molecule has 0 fully saturated rings. The van der Waals surface area contributed by atoms with E-state index < -0.39 is 0 Å². The lowest BCUT2D eigenvalue weighted by molar-refractivity contribution is 1.19. The van der Waals surface area contributed by atoms with Crippen molar-refractivity contribution in [2.45, 2.75) is 0 Å². The molecule has 0 amide bonds. The Morgan fingerprint density at radius 3 is 1.89 bits per heavy atom. The molecule has 9 aromatic carbocycles. The molecule has 55 heavy (non-hydrogen) atoms. The molecular formula is C52H34N2S. The Labute approximate surface area is 323 Å². The summed E-state index contributed by atoms with van der Waals surface area (Å²) in [5.74, 6) is 0. The number of nitrogens with zero attached hydrogens (tertiary/aromatic N) is 1. The monoisotopic (exact) mass is 718 g/mol. The number of hydrogen-bond donors (Lipinski definition) is 1. The molecule has 0 atom stereocenters. The second kappa shape index (κ2) is 12.9. The van der Waals surface area contributed by atoms with Crippen LogP contribution in [0.15, 0.2) is 200 Å². The van der Waals surface area contributed by atoms with Crippen molar-refractivity contribution in [1.29, 1.82) is 0 Å². The molecule has 0 aliphatic heterocycles. The Hall–Kier alpha value is -6.94. The smallest absolute Gasteiger partial charge is 0.0719 e. The molecule has 11 rings (SSSR count). The van der Waals surface area contributed by atoms with Crippen molar-refractivity contribution in [2.75, 3.05) is 5.32 Å². The van der Waals surface area contributed by atoms with Crippen LogP contribution in [0.1, 0.15) is 0 Å². The predicted molar refractivity (Wildman–Crippen MR) is 237 cm³/mol. The van der Waals surface area contributed by atoms with Gasteiger partial charge in [-0.05, 0) is 93.2 Å². The highest BCUT2D eigenvalue weighted by Crippen LogP contribution is 2.44. The minimum atomic E-state index is 1.07. The van der Waals surface area contributed by atoms with E-state index in [9.17, 15) is 0 Å². The normalized spacial score (nSPS) is 11.6. The van der Waals surface area contributed by atoms with Crippen molar-refractivity contribution < 1.29 is 0 Å². The van der Waals surface area contributed by atoms with E-state index in [0.717, 1.165) is 17.1 Å². The summed E-state index contributed by atoms with van der Waals surface area (Å²) in [6.07, 6.45) is 0. The number of thiophene rings is 1. The highest BCUT2D eigenvalue weighted by molar-refractivity contribution is 7.26. The van der Waals surface area contributed by atoms with E-state index in [1.807, 2.05) is 11.3 Å². The Morgan fingerprint density at radius 1 is 0.400 bits per heavy atom. The maximum atomic E-state index is 3.76. The fraction of sp³-hybridized carbons (Fsp3) is 0. The standard InChI is InChI=1S/C52H34N2S/c1-3-11-34(12-4-1)36-20-25-42(26-21-36)54-49-30-23-40(33-47(49)44-27-28-45-43-17-9-10-18-50(43)55-52(45)51(44)54)39-22-29-48(46(32-39)37-14-5-2-6-15-37)53-41-24-19-35-13-7-8-16-38(35)31-41/h1-33,53H. The molecule has 0 aliphatic rings. The Bertz CT molecular complexity index is 3210. The van der Waals surface area contributed by atoms with Crippen LogP contribution in [0.3, 0.4) is 0 Å². The highest BCUT2D eigenvalue weighted by Gasteiger charge is 2.19. The maximum Gasteiger partial charge on any atom is 0.0719 e. The molecule has 2 heterocycles. The van der Waals surface area contributed by atoms with Gasteiger partial charge in [-0.2, -0.15) is 0 Å². The minimum Gasteiger partial charge on any atom is -0.355 e. The average Bonchev–Trinajstić information content (AvgIpc) is 3.80. The van der Waals surface area contributed by atoms with Gasteiger partial charge in [-0.1, -0.05) is 146 Å². The number of fused-ring (bicyclic) bond motifs is 8. The Kier molecular flexibility index (Phi) is 7.39. The summed E-state index contributed by atoms with van der Waals surface area (Å²) in [6, 6.07) is 72.7. The number of anilines is 2. The van der Waals surface area contributed by atoms with Crippen molar-refractivity contribution >= 4 is 75.5 Å². The lowest BCUT2D eigenvalue weighted by Crippen LogP contribution is -1.95. The van der Waals surface area contributed by atoms with Crippen LogP contribution < -0.4 is 5.32 Å². The Balaban J connectivity index is 1.08. The van der Waals surface area contributed by atoms with Crippen molar-refractivity contribution in [3.63, 3.8) is 0 Å². The van der Waals surface area contributed by atoms with Gasteiger partial charge in [0.15, 0.2) is 0 Å². The van der Waals surface area contributed by atoms with Crippen LogP contribution in [0.25, 0.3) is 91.8 Å². The number of benzene rings is 9. The molecule has 1 N–H and O–H groups in total. The van der Waals surface area contributed by atoms with Crippen LogP contribution in [-0.4, -0.2) is 4.57 Å². The zero-order chi connectivity index (χ0) is 36.3. The van der Waals surface area contributed by atoms with E-state index in [-0.39, 0.29) is 0 Å². The van der Waals surface area contributed by atoms with Crippen molar-refractivity contribution in [3.05, 3.63) is 200 Å². The molecule has 2 aromatic heterocycles. The molecular weight excluding hydrogens is 685 g/mol. The second-order valence-electron chi connectivity index (χ2n) is 14.2. The fourth-order valence-electron chi connectivity index (χ4n) is 8.27. The predicted octanol–water partition coefficient (Wildman–Crippen LogP) is 15.0. The van der Waals surface area contributed by atoms with Crippen LogP contribution >= 0.6 is 11.3 Å². The van der Waals surface area contributed by atoms with Crippen LogP contribution in [0.5, 0.6) is 0 Å². The van der Waals surface area contributed by atoms with Gasteiger partial charge in [-0.15, -0.1) is 11.3 Å². The topological polar surface area (TPSA) is 17.0 Å². The zero-order valence-electron chi connectivity index (χ0n) is 29.9. The average molecular weight is 719 g/mol. The zero-order valence-corrected chi connectivity index (χ0v) is 30.7. The summed E-state index contributed by atoms with van der Waals surface area (Å²) >= 11 is 1.89. The van der Waals surface area contributed by atoms with Crippen LogP contribution in [0.2, 0.25) is 0 Å². The first kappa shape index (κ1) is 31.6. The van der Waals surface area contributed by atoms with E-state index in [4.69, 9.17) is 0 Å². The first-order valence-electron chi connectivity index (χ1n) is 18.8. The molecule has 258 valence electrons. The minimum absolute atomic E-state index is 1.07. The first-order valence-corrected chi connectivity index (χ1v) is 19.6. The van der Waals surface area contributed by atoms with Gasteiger partial charge in [0.2, 0.25) is 0 Å². The first-order chi connectivity index (χ1) is 27.2. The Morgan fingerprint density at radius 2 is 1.05 bits per heavy atom. The van der Waals surface area contributed by atoms with Gasteiger partial charge in [0.05, 0.1) is 15.7 Å². The summed E-state index contributed by atoms with van der Waals surface area (Å²) in [6.45, 7) is 0. The van der Waals surface area contributed by atoms with E-state index in [2.05, 4.69) is 210 Å². The van der Waals surface area contributed by atoms with Gasteiger partial charge in [-0.3, -0.25) is 0 Å². The molecule has 2 nitrogen and oxygen atoms in total. The molecule has 0 radical (unpaired) electrons. The third-order valence-electron chi connectivity index (χ3n) is 11.0. The van der Waals surface area contributed by atoms with E-state index in [1.165, 1.54) is 86.1 Å². The SMILES string of the molecule is c1ccc(-c2ccc(-n3c4ccc(-c5ccc(Nc6ccc7ccccc7c6)c(-c6ccccc6)c5)cc4c4ccc5c6ccccc6sc5c43)cc2)cc1. The molecule has 0 spiro atoms. The van der Waals surface area contributed by atoms with Crippen LogP contribution in [0.4, 0.5) is 11.4 Å². The molecule has 0 bridgehead atoms. The maximum absolute atomic E-state index is 3.76. The molecule has 0 saturated carbocycles. The molecule has 3 heteroatoms. The van der Waals surface area contributed by atoms with Gasteiger partial charge < -0.3 is 9.88 Å². The molecule has 0 unspecified atom stereocenters. The lowest BCUT2D eigenvalue weighted by Gasteiger charge is -2.15. The highest BCUT2D eigenvalue weighted by atomic mass is 32.1. The largest absolute Gasteiger partial charge is 0.355 e. The van der Waals surface area contributed by atoms with Gasteiger partial charge in [0.25, 0.3) is 0 Å². The summed E-state index contributed by atoms with van der Waals surface area (Å²) < 4.78 is 5.11. The second-order valence-corrected chi connectivity index (χ2v) is 15.3. The van der Waals surface area contributed by atoms with Gasteiger partial charge in [-0.25, -0.2) is 0 Å². The van der Waals surface area contributed by atoms with Gasteiger partial charge >= 0.3 is 0 Å². The summed E-state index contributed by atoms with van der Waals surface area (Å²) in [7, 11) is 0. The summed E-state index contributed by atoms with van der Waals surface area (Å²) in [4.78, 5) is 0. The third kappa shape index (κ3) is 5.40. The van der Waals surface area contributed by atoms with Crippen molar-refractivity contribution in [2.24, 2.45) is 0 Å². The summed E-state index contributed by atoms with van der Waals surface area (Å²) in [5.41, 5.74) is 12.9. The molecule has 11 aromatic rings. The number of nitrogens with one attached hydrogen (secondary N) is 1. The van der Waals surface area contributed by atoms with Gasteiger partial charge in [0, 0.05) is 48.9 Å². The number of rotatable bonds is 6. The van der Waals surface area contributed by atoms with Crippen molar-refractivity contribution in [1.82, 2.24) is 4.57 Å². The third-order valence-corrected chi connectivity index (χ3v) is 12.2. The summed E-state index contributed by atoms with van der Waals surface area (Å²) in [5, 5.41) is 11.3. The molecule has 0 saturated heterocycles. The van der Waals surface area contributed by atoms with Crippen LogP contribution in [0, 0.1) is 0 Å². The van der Waals surface area contributed by atoms with E-state index in [1.54, 1.807) is 0 Å². The van der Waals surface area contributed by atoms with E-state index in [0.29, 0.717) is 0 Å². The van der Waals surface area contributed by atoms with Crippen LogP contribution in [-0.2, 0) is 0 Å². The quantitative estimate of drug-likeness (QED) is 0.181. The van der Waals surface area contributed by atoms with E-state index >= 15 is 0 Å². The van der Waals surface area contributed by atoms with Crippen molar-refractivity contribution in [3.8, 4) is 39.1 Å². The van der Waals surface area contributed by atoms with Gasteiger partial charge in [0.1, 0.15) is 0 Å².